The molecule has 1 heterocycles. The Morgan fingerprint density at radius 2 is 0.606 bits per heavy atom. The molecule has 0 aliphatic carbocycles. The standard InChI is InChI=1S/C64H43NO/c1-3-12-44(13-4-1)55-40-56(45-14-5-2-6-15-45)42-57(41-55)50-30-34-59(35-31-50)65(60-36-37-62-61-20-9-10-21-63(61)66-64(62)43-60)58-32-28-48(29-33-58)47-22-24-49(25-23-47)52-18-11-19-53(38-52)54-27-26-46-16-7-8-17-51(46)39-54/h1-43H. The number of nitrogens with zero attached hydrogens (tertiary/aromatic N) is 1. The fourth-order valence-corrected chi connectivity index (χ4v) is 9.40. The van der Waals surface area contributed by atoms with Gasteiger partial charge in [0.05, 0.1) is 0 Å². The molecule has 11 aromatic carbocycles. The number of hydrogen-bond donors (Lipinski definition) is 0. The predicted molar refractivity (Wildman–Crippen MR) is 279 cm³/mol. The highest BCUT2D eigenvalue weighted by Crippen LogP contribution is 2.41. The number of furan rings is 1. The first-order valence-corrected chi connectivity index (χ1v) is 22.5. The van der Waals surface area contributed by atoms with Crippen LogP contribution in [0.4, 0.5) is 17.1 Å². The lowest BCUT2D eigenvalue weighted by atomic mass is 9.93. The molecule has 0 aliphatic rings. The first kappa shape index (κ1) is 38.9. The van der Waals surface area contributed by atoms with E-state index in [1.54, 1.807) is 0 Å². The molecular formula is C64H43NO. The van der Waals surface area contributed by atoms with Gasteiger partial charge in [0, 0.05) is 33.9 Å². The smallest absolute Gasteiger partial charge is 0.137 e. The van der Waals surface area contributed by atoms with Gasteiger partial charge in [0.25, 0.3) is 0 Å². The van der Waals surface area contributed by atoms with Gasteiger partial charge in [0.15, 0.2) is 0 Å². The minimum absolute atomic E-state index is 0.862. The van der Waals surface area contributed by atoms with Crippen LogP contribution in [0.2, 0.25) is 0 Å². The van der Waals surface area contributed by atoms with Crippen molar-refractivity contribution < 1.29 is 4.42 Å². The molecule has 1 aromatic heterocycles. The van der Waals surface area contributed by atoms with E-state index >= 15 is 0 Å². The molecular weight excluding hydrogens is 799 g/mol. The third-order valence-electron chi connectivity index (χ3n) is 12.8. The molecule has 0 atom stereocenters. The Kier molecular flexibility index (Phi) is 9.89. The van der Waals surface area contributed by atoms with E-state index in [4.69, 9.17) is 4.42 Å². The second-order valence-electron chi connectivity index (χ2n) is 17.0. The molecule has 0 saturated heterocycles. The van der Waals surface area contributed by atoms with Gasteiger partial charge in [0.2, 0.25) is 0 Å². The highest BCUT2D eigenvalue weighted by atomic mass is 16.3. The van der Waals surface area contributed by atoms with Crippen LogP contribution in [-0.4, -0.2) is 0 Å². The van der Waals surface area contributed by atoms with Gasteiger partial charge in [-0.05, 0) is 150 Å². The number of hydrogen-bond acceptors (Lipinski definition) is 2. The summed E-state index contributed by atoms with van der Waals surface area (Å²) in [5, 5.41) is 4.74. The van der Waals surface area contributed by atoms with Crippen LogP contribution in [0.5, 0.6) is 0 Å². The molecule has 12 aromatic rings. The molecule has 2 nitrogen and oxygen atoms in total. The minimum atomic E-state index is 0.862. The van der Waals surface area contributed by atoms with Crippen molar-refractivity contribution in [2.75, 3.05) is 4.90 Å². The van der Waals surface area contributed by atoms with Crippen molar-refractivity contribution in [1.82, 2.24) is 0 Å². The molecule has 66 heavy (non-hydrogen) atoms. The van der Waals surface area contributed by atoms with Gasteiger partial charge >= 0.3 is 0 Å². The molecule has 0 bridgehead atoms. The molecule has 0 unspecified atom stereocenters. The molecule has 0 amide bonds. The summed E-state index contributed by atoms with van der Waals surface area (Å²) in [5.41, 5.74) is 19.1. The number of para-hydroxylation sites is 1. The largest absolute Gasteiger partial charge is 0.456 e. The van der Waals surface area contributed by atoms with Gasteiger partial charge in [0.1, 0.15) is 11.2 Å². The first-order valence-electron chi connectivity index (χ1n) is 22.5. The van der Waals surface area contributed by atoms with E-state index < -0.39 is 0 Å². The average molecular weight is 842 g/mol. The van der Waals surface area contributed by atoms with Crippen molar-refractivity contribution in [2.24, 2.45) is 0 Å². The number of benzene rings is 11. The lowest BCUT2D eigenvalue weighted by Gasteiger charge is -2.26. The van der Waals surface area contributed by atoms with Gasteiger partial charge in [-0.25, -0.2) is 0 Å². The summed E-state index contributed by atoms with van der Waals surface area (Å²) < 4.78 is 6.42. The Hall–Kier alpha value is -8.72. The van der Waals surface area contributed by atoms with Crippen molar-refractivity contribution in [1.29, 1.82) is 0 Å². The fourth-order valence-electron chi connectivity index (χ4n) is 9.40. The third kappa shape index (κ3) is 7.51. The quantitative estimate of drug-likeness (QED) is 0.144. The number of anilines is 3. The molecule has 0 saturated carbocycles. The molecule has 0 aliphatic heterocycles. The van der Waals surface area contributed by atoms with Crippen molar-refractivity contribution >= 4 is 49.8 Å². The molecule has 310 valence electrons. The Labute approximate surface area is 384 Å². The van der Waals surface area contributed by atoms with E-state index in [2.05, 4.69) is 254 Å². The minimum Gasteiger partial charge on any atom is -0.456 e. The Balaban J connectivity index is 0.878. The summed E-state index contributed by atoms with van der Waals surface area (Å²) in [6.45, 7) is 0. The van der Waals surface area contributed by atoms with Crippen molar-refractivity contribution in [3.63, 3.8) is 0 Å². The summed E-state index contributed by atoms with van der Waals surface area (Å²) in [5.74, 6) is 0. The maximum atomic E-state index is 6.42. The zero-order valence-corrected chi connectivity index (χ0v) is 36.2. The molecule has 2 heteroatoms. The number of rotatable bonds is 9. The topological polar surface area (TPSA) is 16.4 Å². The predicted octanol–water partition coefficient (Wildman–Crippen LogP) is 18.2. The second kappa shape index (κ2) is 16.8. The van der Waals surface area contributed by atoms with Gasteiger partial charge in [-0.2, -0.15) is 0 Å². The van der Waals surface area contributed by atoms with E-state index in [0.717, 1.165) is 50.1 Å². The highest BCUT2D eigenvalue weighted by Gasteiger charge is 2.17. The summed E-state index contributed by atoms with van der Waals surface area (Å²) in [4.78, 5) is 2.32. The normalized spacial score (nSPS) is 11.3. The van der Waals surface area contributed by atoms with Crippen LogP contribution < -0.4 is 4.90 Å². The maximum absolute atomic E-state index is 6.42. The van der Waals surface area contributed by atoms with Crippen molar-refractivity contribution in [2.45, 2.75) is 0 Å². The van der Waals surface area contributed by atoms with Crippen LogP contribution in [0.3, 0.4) is 0 Å². The summed E-state index contributed by atoms with van der Waals surface area (Å²) in [6, 6.07) is 93.9. The highest BCUT2D eigenvalue weighted by molar-refractivity contribution is 6.06. The van der Waals surface area contributed by atoms with Crippen molar-refractivity contribution in [3.8, 4) is 66.8 Å². The fraction of sp³-hybridized carbons (Fsp3) is 0. The van der Waals surface area contributed by atoms with Crippen LogP contribution in [-0.2, 0) is 0 Å². The van der Waals surface area contributed by atoms with Crippen LogP contribution in [0.15, 0.2) is 265 Å². The molecule has 0 N–H and O–H groups in total. The molecule has 0 fully saturated rings. The van der Waals surface area contributed by atoms with E-state index in [1.165, 1.54) is 66.4 Å². The summed E-state index contributed by atoms with van der Waals surface area (Å²) in [7, 11) is 0. The van der Waals surface area contributed by atoms with E-state index in [-0.39, 0.29) is 0 Å². The zero-order valence-electron chi connectivity index (χ0n) is 36.2. The summed E-state index contributed by atoms with van der Waals surface area (Å²) >= 11 is 0. The molecule has 0 spiro atoms. The zero-order chi connectivity index (χ0) is 43.8. The molecule has 12 rings (SSSR count). The third-order valence-corrected chi connectivity index (χ3v) is 12.8. The lowest BCUT2D eigenvalue weighted by Crippen LogP contribution is -2.09. The molecule has 0 radical (unpaired) electrons. The van der Waals surface area contributed by atoms with Gasteiger partial charge in [-0.3, -0.25) is 0 Å². The Bertz CT molecular complexity index is 3610. The van der Waals surface area contributed by atoms with E-state index in [9.17, 15) is 0 Å². The Morgan fingerprint density at radius 3 is 1.23 bits per heavy atom. The first-order chi connectivity index (χ1) is 32.7. The Morgan fingerprint density at radius 1 is 0.212 bits per heavy atom. The SMILES string of the molecule is c1ccc(-c2cc(-c3ccccc3)cc(-c3ccc(N(c4ccc(-c5ccc(-c6cccc(-c7ccc8ccccc8c7)c6)cc5)cc4)c4ccc5c(c4)oc4ccccc45)cc3)c2)cc1. The second-order valence-corrected chi connectivity index (χ2v) is 17.0. The maximum Gasteiger partial charge on any atom is 0.137 e. The van der Waals surface area contributed by atoms with Gasteiger partial charge in [-0.15, -0.1) is 0 Å². The van der Waals surface area contributed by atoms with E-state index in [1.807, 2.05) is 12.1 Å². The average Bonchev–Trinajstić information content (AvgIpc) is 3.77. The van der Waals surface area contributed by atoms with Crippen LogP contribution in [0.25, 0.3) is 99.5 Å². The van der Waals surface area contributed by atoms with Crippen LogP contribution in [0, 0.1) is 0 Å². The van der Waals surface area contributed by atoms with Crippen LogP contribution in [0.1, 0.15) is 0 Å². The van der Waals surface area contributed by atoms with Gasteiger partial charge in [-0.1, -0.05) is 182 Å². The van der Waals surface area contributed by atoms with E-state index in [0.29, 0.717) is 0 Å². The lowest BCUT2D eigenvalue weighted by molar-refractivity contribution is 0.669. The monoisotopic (exact) mass is 841 g/mol. The number of fused-ring (bicyclic) bond motifs is 4. The van der Waals surface area contributed by atoms with Gasteiger partial charge < -0.3 is 9.32 Å². The van der Waals surface area contributed by atoms with Crippen molar-refractivity contribution in [3.05, 3.63) is 261 Å². The van der Waals surface area contributed by atoms with Crippen LogP contribution >= 0.6 is 0 Å². The summed E-state index contributed by atoms with van der Waals surface area (Å²) in [6.07, 6.45) is 0.